The summed E-state index contributed by atoms with van der Waals surface area (Å²) in [7, 11) is -3.70. The minimum atomic E-state index is -3.70. The van der Waals surface area contributed by atoms with Crippen molar-refractivity contribution in [2.45, 2.75) is 25.2 Å². The third kappa shape index (κ3) is 2.81. The van der Waals surface area contributed by atoms with Crippen LogP contribution in [0.2, 0.25) is 0 Å². The van der Waals surface area contributed by atoms with Gasteiger partial charge in [-0.05, 0) is 37.1 Å². The number of nitrogens with zero attached hydrogens (tertiary/aromatic N) is 2. The molecule has 1 aromatic heterocycles. The topological polar surface area (TPSA) is 98.6 Å². The summed E-state index contributed by atoms with van der Waals surface area (Å²) in [5.74, 6) is 0.254. The highest BCUT2D eigenvalue weighted by Gasteiger charge is 2.16. The Bertz CT molecular complexity index is 772. The van der Waals surface area contributed by atoms with Crippen LogP contribution in [0.3, 0.4) is 0 Å². The largest absolute Gasteiger partial charge is 0.280 e. The summed E-state index contributed by atoms with van der Waals surface area (Å²) in [6.07, 6.45) is 0.741. The van der Waals surface area contributed by atoms with Gasteiger partial charge < -0.3 is 0 Å². The average Bonchev–Trinajstić information content (AvgIpc) is 2.85. The zero-order valence-electron chi connectivity index (χ0n) is 11.1. The smallest absolute Gasteiger partial charge is 0.263 e. The van der Waals surface area contributed by atoms with Gasteiger partial charge in [-0.1, -0.05) is 6.92 Å². The maximum Gasteiger partial charge on any atom is 0.263 e. The Morgan fingerprint density at radius 1 is 1.40 bits per heavy atom. The van der Waals surface area contributed by atoms with E-state index in [1.165, 1.54) is 18.2 Å². The Kier molecular flexibility index (Phi) is 3.77. The zero-order chi connectivity index (χ0) is 14.8. The molecule has 2 aromatic rings. The lowest BCUT2D eigenvalue weighted by atomic mass is 10.1. The fraction of sp³-hybridized carbons (Fsp3) is 0.231. The third-order valence-electron chi connectivity index (χ3n) is 2.88. The van der Waals surface area contributed by atoms with E-state index in [9.17, 15) is 8.42 Å². The lowest BCUT2D eigenvalue weighted by Crippen LogP contribution is -2.13. The zero-order valence-corrected chi connectivity index (χ0v) is 12.0. The summed E-state index contributed by atoms with van der Waals surface area (Å²) in [5.41, 5.74) is 1.92. The minimum Gasteiger partial charge on any atom is -0.280 e. The van der Waals surface area contributed by atoms with Crippen molar-refractivity contribution in [2.75, 3.05) is 4.72 Å². The van der Waals surface area contributed by atoms with Gasteiger partial charge in [-0.3, -0.25) is 9.82 Å². The van der Waals surface area contributed by atoms with E-state index < -0.39 is 10.0 Å². The molecule has 0 aliphatic rings. The molecule has 0 unspecified atom stereocenters. The maximum atomic E-state index is 12.2. The molecule has 1 aromatic carbocycles. The van der Waals surface area contributed by atoms with Gasteiger partial charge >= 0.3 is 0 Å². The van der Waals surface area contributed by atoms with E-state index in [1.807, 2.05) is 13.0 Å². The highest BCUT2D eigenvalue weighted by molar-refractivity contribution is 7.92. The summed E-state index contributed by atoms with van der Waals surface area (Å²) in [6.45, 7) is 3.64. The van der Waals surface area contributed by atoms with Gasteiger partial charge in [0, 0.05) is 11.8 Å². The van der Waals surface area contributed by atoms with Crippen molar-refractivity contribution in [3.8, 4) is 6.07 Å². The molecule has 1 heterocycles. The molecule has 0 aliphatic carbocycles. The van der Waals surface area contributed by atoms with E-state index >= 15 is 0 Å². The first-order valence-electron chi connectivity index (χ1n) is 6.04. The van der Waals surface area contributed by atoms with Crippen LogP contribution >= 0.6 is 0 Å². The molecule has 6 nitrogen and oxygen atoms in total. The number of aromatic nitrogens is 2. The predicted octanol–water partition coefficient (Wildman–Crippen LogP) is 1.95. The first-order chi connectivity index (χ1) is 9.46. The van der Waals surface area contributed by atoms with Crippen molar-refractivity contribution < 1.29 is 8.42 Å². The number of benzene rings is 1. The molecule has 0 amide bonds. The van der Waals surface area contributed by atoms with Gasteiger partial charge in [0.1, 0.15) is 0 Å². The molecule has 0 saturated heterocycles. The summed E-state index contributed by atoms with van der Waals surface area (Å²) >= 11 is 0. The van der Waals surface area contributed by atoms with Gasteiger partial charge in [-0.2, -0.15) is 10.4 Å². The highest BCUT2D eigenvalue weighted by Crippen LogP contribution is 2.18. The van der Waals surface area contributed by atoms with Crippen molar-refractivity contribution >= 4 is 15.8 Å². The highest BCUT2D eigenvalue weighted by atomic mass is 32.2. The van der Waals surface area contributed by atoms with Crippen molar-refractivity contribution in [3.05, 3.63) is 41.1 Å². The normalized spacial score (nSPS) is 11.1. The first kappa shape index (κ1) is 14.1. The number of aromatic amines is 1. The van der Waals surface area contributed by atoms with Crippen LogP contribution in [-0.4, -0.2) is 18.6 Å². The minimum absolute atomic E-state index is 0.107. The average molecular weight is 290 g/mol. The molecule has 0 saturated carbocycles. The molecule has 0 aliphatic heterocycles. The number of rotatable bonds is 4. The van der Waals surface area contributed by atoms with Crippen LogP contribution < -0.4 is 4.72 Å². The van der Waals surface area contributed by atoms with E-state index in [4.69, 9.17) is 5.26 Å². The molecule has 104 valence electrons. The molecule has 2 N–H and O–H groups in total. The van der Waals surface area contributed by atoms with Crippen LogP contribution in [0.4, 0.5) is 5.82 Å². The predicted molar refractivity (Wildman–Crippen MR) is 74.7 cm³/mol. The standard InChI is InChI=1S/C13H14N4O2S/c1-3-11-7-13(16-15-11)17-20(18,19)12-5-4-10(8-14)9(2)6-12/h4-7H,3H2,1-2H3,(H2,15,16,17). The summed E-state index contributed by atoms with van der Waals surface area (Å²) in [4.78, 5) is 0.107. The first-order valence-corrected chi connectivity index (χ1v) is 7.52. The van der Waals surface area contributed by atoms with Gasteiger partial charge in [0.25, 0.3) is 10.0 Å². The van der Waals surface area contributed by atoms with E-state index in [0.717, 1.165) is 12.1 Å². The van der Waals surface area contributed by atoms with Gasteiger partial charge in [-0.25, -0.2) is 8.42 Å². The van der Waals surface area contributed by atoms with Crippen molar-refractivity contribution in [1.29, 1.82) is 5.26 Å². The van der Waals surface area contributed by atoms with E-state index in [1.54, 1.807) is 13.0 Å². The number of nitriles is 1. The molecule has 0 bridgehead atoms. The summed E-state index contributed by atoms with van der Waals surface area (Å²) in [5, 5.41) is 15.5. The fourth-order valence-electron chi connectivity index (χ4n) is 1.72. The van der Waals surface area contributed by atoms with Gasteiger partial charge in [-0.15, -0.1) is 0 Å². The molecule has 0 fully saturated rings. The van der Waals surface area contributed by atoms with Crippen LogP contribution in [0, 0.1) is 18.3 Å². The number of H-pyrrole nitrogens is 1. The molecule has 0 radical (unpaired) electrons. The second-order valence-electron chi connectivity index (χ2n) is 4.33. The third-order valence-corrected chi connectivity index (χ3v) is 4.23. The SMILES string of the molecule is CCc1cc(NS(=O)(=O)c2ccc(C#N)c(C)c2)n[nH]1. The van der Waals surface area contributed by atoms with Gasteiger partial charge in [0.15, 0.2) is 5.82 Å². The maximum absolute atomic E-state index is 12.2. The van der Waals surface area contributed by atoms with Crippen LogP contribution in [0.15, 0.2) is 29.2 Å². The second-order valence-corrected chi connectivity index (χ2v) is 6.01. The number of hydrogen-bond acceptors (Lipinski definition) is 4. The number of nitrogens with one attached hydrogen (secondary N) is 2. The Balaban J connectivity index is 2.31. The number of aryl methyl sites for hydroxylation is 2. The lowest BCUT2D eigenvalue weighted by Gasteiger charge is -2.06. The number of hydrogen-bond donors (Lipinski definition) is 2. The Hall–Kier alpha value is -2.33. The molecular formula is C13H14N4O2S. The van der Waals surface area contributed by atoms with Crippen molar-refractivity contribution in [1.82, 2.24) is 10.2 Å². The van der Waals surface area contributed by atoms with Crippen LogP contribution in [0.5, 0.6) is 0 Å². The molecule has 7 heteroatoms. The molecular weight excluding hydrogens is 276 g/mol. The van der Waals surface area contributed by atoms with Crippen molar-refractivity contribution in [3.63, 3.8) is 0 Å². The molecule has 2 rings (SSSR count). The quantitative estimate of drug-likeness (QED) is 0.899. The Morgan fingerprint density at radius 3 is 2.70 bits per heavy atom. The van der Waals surface area contributed by atoms with Gasteiger partial charge in [0.2, 0.25) is 0 Å². The van der Waals surface area contributed by atoms with Crippen molar-refractivity contribution in [2.24, 2.45) is 0 Å². The monoisotopic (exact) mass is 290 g/mol. The van der Waals surface area contributed by atoms with Crippen LogP contribution in [-0.2, 0) is 16.4 Å². The van der Waals surface area contributed by atoms with Crippen LogP contribution in [0.1, 0.15) is 23.7 Å². The summed E-state index contributed by atoms with van der Waals surface area (Å²) in [6, 6.07) is 8.01. The fourth-order valence-corrected chi connectivity index (χ4v) is 2.80. The molecule has 20 heavy (non-hydrogen) atoms. The van der Waals surface area contributed by atoms with E-state index in [2.05, 4.69) is 14.9 Å². The van der Waals surface area contributed by atoms with E-state index in [0.29, 0.717) is 11.1 Å². The number of anilines is 1. The van der Waals surface area contributed by atoms with Crippen LogP contribution in [0.25, 0.3) is 0 Å². The second kappa shape index (κ2) is 5.35. The molecule has 0 spiro atoms. The van der Waals surface area contributed by atoms with Gasteiger partial charge in [0.05, 0.1) is 16.5 Å². The number of sulfonamides is 1. The van der Waals surface area contributed by atoms with E-state index in [-0.39, 0.29) is 10.7 Å². The Labute approximate surface area is 117 Å². The molecule has 0 atom stereocenters. The lowest BCUT2D eigenvalue weighted by molar-refractivity contribution is 0.601. The summed E-state index contributed by atoms with van der Waals surface area (Å²) < 4.78 is 26.8. The Morgan fingerprint density at radius 2 is 2.15 bits per heavy atom.